The van der Waals surface area contributed by atoms with E-state index in [2.05, 4.69) is 19.1 Å². The minimum Gasteiger partial charge on any atom is -0.444 e. The molecule has 2 atom stereocenters. The van der Waals surface area contributed by atoms with Crippen LogP contribution in [0.5, 0.6) is 0 Å². The normalized spacial score (nSPS) is 21.5. The molecule has 1 aliphatic heterocycles. The van der Waals surface area contributed by atoms with Gasteiger partial charge in [0.2, 0.25) is 0 Å². The van der Waals surface area contributed by atoms with Crippen molar-refractivity contribution in [2.24, 2.45) is 5.73 Å². The number of carbonyl (C=O) groups is 1. The third kappa shape index (κ3) is 5.22. The van der Waals surface area contributed by atoms with Gasteiger partial charge in [-0.3, -0.25) is 0 Å². The Hall–Kier alpha value is -1.59. The molecule has 1 saturated heterocycles. The summed E-state index contributed by atoms with van der Waals surface area (Å²) >= 11 is 0. The Balaban J connectivity index is 1.88. The first-order valence-electron chi connectivity index (χ1n) is 8.21. The van der Waals surface area contributed by atoms with Gasteiger partial charge >= 0.3 is 6.09 Å². The first-order valence-corrected chi connectivity index (χ1v) is 8.21. The van der Waals surface area contributed by atoms with Crippen LogP contribution in [0.25, 0.3) is 0 Å². The number of nitrogens with zero attached hydrogens (tertiary/aromatic N) is 1. The van der Waals surface area contributed by atoms with Gasteiger partial charge in [0, 0.05) is 6.54 Å². The Morgan fingerprint density at radius 1 is 1.30 bits per heavy atom. The standard InChI is InChI=1S/C18H28N2O3/c1-5-13-7-6-8-14(9-13)12-22-16-11-20(10-15(16)19)17(21)23-18(2,3)4/h6-9,15-16H,5,10-12,19H2,1-4H3/t15-,16-/m0/s1. The summed E-state index contributed by atoms with van der Waals surface area (Å²) in [7, 11) is 0. The molecule has 1 heterocycles. The van der Waals surface area contributed by atoms with Crippen molar-refractivity contribution in [1.29, 1.82) is 0 Å². The molecule has 1 aliphatic rings. The summed E-state index contributed by atoms with van der Waals surface area (Å²) in [6.07, 6.45) is 0.517. The molecule has 2 rings (SSSR count). The molecule has 0 spiro atoms. The number of aryl methyl sites for hydroxylation is 1. The summed E-state index contributed by atoms with van der Waals surface area (Å²) in [5.74, 6) is 0. The highest BCUT2D eigenvalue weighted by Crippen LogP contribution is 2.18. The van der Waals surface area contributed by atoms with Crippen molar-refractivity contribution in [1.82, 2.24) is 4.90 Å². The molecule has 1 aromatic carbocycles. The number of carbonyl (C=O) groups excluding carboxylic acids is 1. The first kappa shape index (κ1) is 17.8. The Kier molecular flexibility index (Phi) is 5.65. The zero-order chi connectivity index (χ0) is 17.0. The second kappa shape index (κ2) is 7.32. The molecule has 1 amide bonds. The van der Waals surface area contributed by atoms with Gasteiger partial charge in [-0.25, -0.2) is 4.79 Å². The van der Waals surface area contributed by atoms with Crippen molar-refractivity contribution in [3.63, 3.8) is 0 Å². The fourth-order valence-corrected chi connectivity index (χ4v) is 2.59. The number of amides is 1. The van der Waals surface area contributed by atoms with E-state index in [0.29, 0.717) is 19.7 Å². The molecule has 128 valence electrons. The van der Waals surface area contributed by atoms with Gasteiger partial charge in [-0.05, 0) is 38.3 Å². The van der Waals surface area contributed by atoms with Gasteiger partial charge in [-0.2, -0.15) is 0 Å². The van der Waals surface area contributed by atoms with Crippen LogP contribution >= 0.6 is 0 Å². The van der Waals surface area contributed by atoms with Crippen LogP contribution in [0.2, 0.25) is 0 Å². The predicted molar refractivity (Wildman–Crippen MR) is 90.2 cm³/mol. The third-order valence-corrected chi connectivity index (χ3v) is 3.82. The van der Waals surface area contributed by atoms with E-state index < -0.39 is 5.60 Å². The molecule has 0 aromatic heterocycles. The van der Waals surface area contributed by atoms with Crippen LogP contribution in [0.4, 0.5) is 4.79 Å². The van der Waals surface area contributed by atoms with Crippen molar-refractivity contribution in [3.05, 3.63) is 35.4 Å². The number of nitrogens with two attached hydrogens (primary N) is 1. The van der Waals surface area contributed by atoms with Crippen LogP contribution in [0, 0.1) is 0 Å². The van der Waals surface area contributed by atoms with Gasteiger partial charge in [-0.1, -0.05) is 31.2 Å². The van der Waals surface area contributed by atoms with Crippen LogP contribution in [-0.2, 0) is 22.5 Å². The highest BCUT2D eigenvalue weighted by atomic mass is 16.6. The van der Waals surface area contributed by atoms with Crippen LogP contribution in [0.1, 0.15) is 38.8 Å². The van der Waals surface area contributed by atoms with Crippen molar-refractivity contribution in [3.8, 4) is 0 Å². The first-order chi connectivity index (χ1) is 10.8. The van der Waals surface area contributed by atoms with E-state index in [-0.39, 0.29) is 18.2 Å². The van der Waals surface area contributed by atoms with E-state index in [1.165, 1.54) is 5.56 Å². The van der Waals surface area contributed by atoms with Crippen LogP contribution in [0.15, 0.2) is 24.3 Å². The zero-order valence-electron chi connectivity index (χ0n) is 14.5. The van der Waals surface area contributed by atoms with Crippen molar-refractivity contribution >= 4 is 6.09 Å². The Morgan fingerprint density at radius 3 is 2.65 bits per heavy atom. The van der Waals surface area contributed by atoms with Gasteiger partial charge in [0.15, 0.2) is 0 Å². The molecule has 2 N–H and O–H groups in total. The number of hydrogen-bond acceptors (Lipinski definition) is 4. The molecular formula is C18H28N2O3. The molecule has 1 aromatic rings. The van der Waals surface area contributed by atoms with Gasteiger partial charge < -0.3 is 20.1 Å². The van der Waals surface area contributed by atoms with Crippen LogP contribution in [0.3, 0.4) is 0 Å². The van der Waals surface area contributed by atoms with Crippen LogP contribution in [-0.4, -0.2) is 41.8 Å². The molecule has 0 radical (unpaired) electrons. The zero-order valence-corrected chi connectivity index (χ0v) is 14.5. The second-order valence-corrected chi connectivity index (χ2v) is 7.07. The lowest BCUT2D eigenvalue weighted by Gasteiger charge is -2.24. The lowest BCUT2D eigenvalue weighted by atomic mass is 10.1. The predicted octanol–water partition coefficient (Wildman–Crippen LogP) is 2.71. The smallest absolute Gasteiger partial charge is 0.410 e. The second-order valence-electron chi connectivity index (χ2n) is 7.07. The largest absolute Gasteiger partial charge is 0.444 e. The van der Waals surface area contributed by atoms with E-state index in [1.54, 1.807) is 4.90 Å². The van der Waals surface area contributed by atoms with E-state index in [0.717, 1.165) is 12.0 Å². The molecular weight excluding hydrogens is 292 g/mol. The summed E-state index contributed by atoms with van der Waals surface area (Å²) < 4.78 is 11.3. The minimum atomic E-state index is -0.499. The Bertz CT molecular complexity index is 539. The molecule has 0 unspecified atom stereocenters. The molecule has 0 aliphatic carbocycles. The number of rotatable bonds is 4. The van der Waals surface area contributed by atoms with E-state index in [4.69, 9.17) is 15.2 Å². The molecule has 0 bridgehead atoms. The summed E-state index contributed by atoms with van der Waals surface area (Å²) in [6.45, 7) is 9.15. The third-order valence-electron chi connectivity index (χ3n) is 3.82. The Labute approximate surface area is 138 Å². The topological polar surface area (TPSA) is 64.8 Å². The fraction of sp³-hybridized carbons (Fsp3) is 0.611. The average molecular weight is 320 g/mol. The van der Waals surface area contributed by atoms with Gasteiger partial charge in [0.25, 0.3) is 0 Å². The average Bonchev–Trinajstić information content (AvgIpc) is 2.85. The van der Waals surface area contributed by atoms with E-state index >= 15 is 0 Å². The van der Waals surface area contributed by atoms with Crippen LogP contribution < -0.4 is 5.73 Å². The summed E-state index contributed by atoms with van der Waals surface area (Å²) in [5, 5.41) is 0. The lowest BCUT2D eigenvalue weighted by Crippen LogP contribution is -2.36. The van der Waals surface area contributed by atoms with E-state index in [9.17, 15) is 4.79 Å². The fourth-order valence-electron chi connectivity index (χ4n) is 2.59. The van der Waals surface area contributed by atoms with Gasteiger partial charge in [-0.15, -0.1) is 0 Å². The number of ether oxygens (including phenoxy) is 2. The maximum atomic E-state index is 12.1. The molecule has 5 heteroatoms. The quantitative estimate of drug-likeness (QED) is 0.926. The molecule has 1 fully saturated rings. The minimum absolute atomic E-state index is 0.159. The number of likely N-dealkylation sites (tertiary alicyclic amines) is 1. The summed E-state index contributed by atoms with van der Waals surface area (Å²) in [6, 6.07) is 8.16. The maximum Gasteiger partial charge on any atom is 0.410 e. The maximum absolute atomic E-state index is 12.1. The highest BCUT2D eigenvalue weighted by molar-refractivity contribution is 5.68. The van der Waals surface area contributed by atoms with Gasteiger partial charge in [0.05, 0.1) is 25.3 Å². The molecule has 23 heavy (non-hydrogen) atoms. The summed E-state index contributed by atoms with van der Waals surface area (Å²) in [5.41, 5.74) is 8.04. The SMILES string of the molecule is CCc1cccc(CO[C@H]2CN(C(=O)OC(C)(C)C)C[C@@H]2N)c1. The lowest BCUT2D eigenvalue weighted by molar-refractivity contribution is 0.0172. The molecule has 0 saturated carbocycles. The monoisotopic (exact) mass is 320 g/mol. The van der Waals surface area contributed by atoms with E-state index in [1.807, 2.05) is 32.9 Å². The molecule has 5 nitrogen and oxygen atoms in total. The number of benzene rings is 1. The number of hydrogen-bond donors (Lipinski definition) is 1. The van der Waals surface area contributed by atoms with Crippen molar-refractivity contribution in [2.45, 2.75) is 58.5 Å². The van der Waals surface area contributed by atoms with Crippen molar-refractivity contribution < 1.29 is 14.3 Å². The summed E-state index contributed by atoms with van der Waals surface area (Å²) in [4.78, 5) is 13.7. The van der Waals surface area contributed by atoms with Gasteiger partial charge in [0.1, 0.15) is 5.60 Å². The highest BCUT2D eigenvalue weighted by Gasteiger charge is 2.35. The van der Waals surface area contributed by atoms with Crippen molar-refractivity contribution in [2.75, 3.05) is 13.1 Å². The Morgan fingerprint density at radius 2 is 2.00 bits per heavy atom.